The molecule has 1 aromatic carbocycles. The number of carbonyl (C=O) groups excluding carboxylic acids is 2. The molecule has 3 rings (SSSR count). The summed E-state index contributed by atoms with van der Waals surface area (Å²) in [5, 5.41) is 8.80. The van der Waals surface area contributed by atoms with Crippen LogP contribution in [0, 0.1) is 0 Å². The van der Waals surface area contributed by atoms with Gasteiger partial charge in [-0.25, -0.2) is 0 Å². The molecule has 0 radical (unpaired) electrons. The molecule has 0 fully saturated rings. The summed E-state index contributed by atoms with van der Waals surface area (Å²) in [6.45, 7) is 2.42. The maximum absolute atomic E-state index is 12.9. The largest absolute Gasteiger partial charge is 0.461 e. The van der Waals surface area contributed by atoms with Crippen molar-refractivity contribution >= 4 is 34.9 Å². The Morgan fingerprint density at radius 1 is 1.22 bits per heavy atom. The van der Waals surface area contributed by atoms with Crippen LogP contribution in [0.2, 0.25) is 5.02 Å². The normalized spacial score (nSPS) is 11.7. The van der Waals surface area contributed by atoms with Crippen LogP contribution in [0.1, 0.15) is 40.9 Å². The van der Waals surface area contributed by atoms with Crippen LogP contribution in [0.25, 0.3) is 0 Å². The Kier molecular flexibility index (Phi) is 7.78. The number of carbonyl (C=O) groups is 2. The number of hydrogen-bond acceptors (Lipinski definition) is 6. The Morgan fingerprint density at radius 2 is 2.00 bits per heavy atom. The summed E-state index contributed by atoms with van der Waals surface area (Å²) in [7, 11) is 0. The van der Waals surface area contributed by atoms with Crippen molar-refractivity contribution in [1.29, 1.82) is 0 Å². The van der Waals surface area contributed by atoms with E-state index in [1.807, 2.05) is 6.92 Å². The Labute approximate surface area is 191 Å². The summed E-state index contributed by atoms with van der Waals surface area (Å²) >= 11 is 7.11. The first kappa shape index (κ1) is 24.1. The molecule has 32 heavy (non-hydrogen) atoms. The lowest BCUT2D eigenvalue weighted by molar-refractivity contribution is -0.137. The lowest BCUT2D eigenvalue weighted by Crippen LogP contribution is -2.11. The average Bonchev–Trinajstić information content (AvgIpc) is 3.41. The van der Waals surface area contributed by atoms with E-state index in [9.17, 15) is 22.8 Å². The monoisotopic (exact) mass is 485 g/mol. The van der Waals surface area contributed by atoms with Gasteiger partial charge < -0.3 is 8.98 Å². The molecule has 3 aromatic rings. The molecular weight excluding hydrogens is 467 g/mol. The zero-order valence-electron chi connectivity index (χ0n) is 17.0. The number of rotatable bonds is 10. The average molecular weight is 486 g/mol. The van der Waals surface area contributed by atoms with Crippen molar-refractivity contribution in [1.82, 2.24) is 14.8 Å². The van der Waals surface area contributed by atoms with Crippen LogP contribution in [0.15, 0.2) is 46.2 Å². The molecule has 0 bridgehead atoms. The molecule has 0 aliphatic rings. The molecule has 0 saturated carbocycles. The zero-order chi connectivity index (χ0) is 23.3. The number of alkyl halides is 3. The Hall–Kier alpha value is -2.59. The second-order valence-electron chi connectivity index (χ2n) is 6.85. The minimum atomic E-state index is -4.51. The van der Waals surface area contributed by atoms with Crippen molar-refractivity contribution in [2.24, 2.45) is 0 Å². The van der Waals surface area contributed by atoms with Gasteiger partial charge in [-0.15, -0.1) is 10.2 Å². The summed E-state index contributed by atoms with van der Waals surface area (Å²) in [6, 6.07) is 6.15. The third-order valence-corrected chi connectivity index (χ3v) is 6.00. The molecule has 0 aliphatic carbocycles. The molecule has 0 aliphatic heterocycles. The molecule has 0 saturated heterocycles. The zero-order valence-corrected chi connectivity index (χ0v) is 18.6. The minimum absolute atomic E-state index is 0.00393. The van der Waals surface area contributed by atoms with Gasteiger partial charge in [-0.3, -0.25) is 9.59 Å². The number of hydrogen-bond donors (Lipinski definition) is 0. The van der Waals surface area contributed by atoms with Crippen LogP contribution in [0.5, 0.6) is 0 Å². The van der Waals surface area contributed by atoms with E-state index in [1.54, 1.807) is 16.7 Å². The van der Waals surface area contributed by atoms with Gasteiger partial charge in [0.2, 0.25) is 0 Å². The first-order valence-electron chi connectivity index (χ1n) is 9.68. The van der Waals surface area contributed by atoms with Crippen LogP contribution in [-0.4, -0.2) is 32.1 Å². The lowest BCUT2D eigenvalue weighted by Gasteiger charge is -2.10. The Morgan fingerprint density at radius 3 is 2.66 bits per heavy atom. The molecule has 6 nitrogen and oxygen atoms in total. The summed E-state index contributed by atoms with van der Waals surface area (Å²) < 4.78 is 45.6. The van der Waals surface area contributed by atoms with Gasteiger partial charge in [0.25, 0.3) is 0 Å². The van der Waals surface area contributed by atoms with E-state index >= 15 is 0 Å². The lowest BCUT2D eigenvalue weighted by atomic mass is 10.1. The highest BCUT2D eigenvalue weighted by Gasteiger charge is 2.31. The van der Waals surface area contributed by atoms with Crippen LogP contribution >= 0.6 is 23.4 Å². The van der Waals surface area contributed by atoms with Crippen molar-refractivity contribution < 1.29 is 27.2 Å². The Bertz CT molecular complexity index is 1100. The second kappa shape index (κ2) is 10.4. The van der Waals surface area contributed by atoms with E-state index in [0.29, 0.717) is 23.9 Å². The SMILES string of the molecule is CCn1c(CCC(=O)c2ccco2)nnc1SCC(=O)Cc1cc(C(F)(F)F)ccc1Cl. The highest BCUT2D eigenvalue weighted by Crippen LogP contribution is 2.32. The number of halogens is 4. The smallest absolute Gasteiger partial charge is 0.416 e. The van der Waals surface area contributed by atoms with Crippen molar-refractivity contribution in [3.05, 3.63) is 64.3 Å². The third kappa shape index (κ3) is 6.01. The number of nitrogens with zero attached hydrogens (tertiary/aromatic N) is 3. The van der Waals surface area contributed by atoms with Crippen molar-refractivity contribution in [2.75, 3.05) is 5.75 Å². The van der Waals surface area contributed by atoms with E-state index in [0.717, 1.165) is 30.0 Å². The standard InChI is InChI=1S/C21H19ClF3N3O3S/c1-2-28-19(8-7-17(30)18-4-3-9-31-18)26-27-20(28)32-12-15(29)11-13-10-14(21(23,24)25)5-6-16(13)22/h3-6,9-10H,2,7-8,11-12H2,1H3. The Balaban J connectivity index is 1.60. The van der Waals surface area contributed by atoms with Gasteiger partial charge in [-0.05, 0) is 42.8 Å². The molecule has 2 aromatic heterocycles. The van der Waals surface area contributed by atoms with Crippen LogP contribution < -0.4 is 0 Å². The molecule has 0 spiro atoms. The number of benzene rings is 1. The minimum Gasteiger partial charge on any atom is -0.461 e. The van der Waals surface area contributed by atoms with Crippen molar-refractivity contribution in [3.8, 4) is 0 Å². The van der Waals surface area contributed by atoms with Gasteiger partial charge in [0.15, 0.2) is 16.7 Å². The van der Waals surface area contributed by atoms with E-state index < -0.39 is 11.7 Å². The summed E-state index contributed by atoms with van der Waals surface area (Å²) in [4.78, 5) is 24.5. The van der Waals surface area contributed by atoms with Gasteiger partial charge in [0.05, 0.1) is 17.6 Å². The predicted molar refractivity (Wildman–Crippen MR) is 113 cm³/mol. The maximum atomic E-state index is 12.9. The van der Waals surface area contributed by atoms with Crippen LogP contribution in [0.4, 0.5) is 13.2 Å². The first-order chi connectivity index (χ1) is 15.2. The molecule has 0 N–H and O–H groups in total. The quantitative estimate of drug-likeness (QED) is 0.287. The maximum Gasteiger partial charge on any atom is 0.416 e. The molecule has 2 heterocycles. The molecule has 11 heteroatoms. The molecule has 0 unspecified atom stereocenters. The van der Waals surface area contributed by atoms with Gasteiger partial charge in [0, 0.05) is 30.8 Å². The highest BCUT2D eigenvalue weighted by molar-refractivity contribution is 7.99. The number of thioether (sulfide) groups is 1. The predicted octanol–water partition coefficient (Wildman–Crippen LogP) is 5.28. The van der Waals surface area contributed by atoms with E-state index in [2.05, 4.69) is 10.2 Å². The highest BCUT2D eigenvalue weighted by atomic mass is 35.5. The molecule has 0 atom stereocenters. The van der Waals surface area contributed by atoms with Crippen molar-refractivity contribution in [2.45, 2.75) is 44.1 Å². The topological polar surface area (TPSA) is 78.0 Å². The van der Waals surface area contributed by atoms with E-state index in [1.165, 1.54) is 6.26 Å². The fourth-order valence-corrected chi connectivity index (χ4v) is 4.07. The van der Waals surface area contributed by atoms with Gasteiger partial charge in [-0.1, -0.05) is 23.4 Å². The van der Waals surface area contributed by atoms with E-state index in [4.69, 9.17) is 16.0 Å². The van der Waals surface area contributed by atoms with E-state index in [-0.39, 0.29) is 46.5 Å². The summed E-state index contributed by atoms with van der Waals surface area (Å²) in [5.74, 6) is 0.430. The fraction of sp³-hybridized carbons (Fsp3) is 0.333. The van der Waals surface area contributed by atoms with Gasteiger partial charge in [-0.2, -0.15) is 13.2 Å². The summed E-state index contributed by atoms with van der Waals surface area (Å²) in [6.07, 6.45) is -2.75. The molecule has 170 valence electrons. The van der Waals surface area contributed by atoms with Crippen molar-refractivity contribution in [3.63, 3.8) is 0 Å². The summed E-state index contributed by atoms with van der Waals surface area (Å²) in [5.41, 5.74) is -0.724. The van der Waals surface area contributed by atoms with Crippen LogP contribution in [-0.2, 0) is 30.4 Å². The van der Waals surface area contributed by atoms with Crippen LogP contribution in [0.3, 0.4) is 0 Å². The van der Waals surface area contributed by atoms with Gasteiger partial charge >= 0.3 is 6.18 Å². The number of furan rings is 1. The second-order valence-corrected chi connectivity index (χ2v) is 8.20. The number of aryl methyl sites for hydroxylation is 1. The van der Waals surface area contributed by atoms with Gasteiger partial charge in [0.1, 0.15) is 11.6 Å². The third-order valence-electron chi connectivity index (χ3n) is 4.60. The molecule has 0 amide bonds. The number of ketones is 2. The molecular formula is C21H19ClF3N3O3S. The number of aromatic nitrogens is 3. The number of Topliss-reactive ketones (excluding diaryl/α,β-unsaturated/α-hetero) is 2. The first-order valence-corrected chi connectivity index (χ1v) is 11.0. The fourth-order valence-electron chi connectivity index (χ4n) is 3.01.